The molecule has 7 nitrogen and oxygen atoms in total. The fourth-order valence-electron chi connectivity index (χ4n) is 3.07. The monoisotopic (exact) mass is 516 g/mol. The van der Waals surface area contributed by atoms with Gasteiger partial charge in [-0.2, -0.15) is 0 Å². The molecule has 3 rings (SSSR count). The Bertz CT molecular complexity index is 768. The molecule has 0 aliphatic carbocycles. The highest BCUT2D eigenvalue weighted by atomic mass is 127. The molecule has 0 radical (unpaired) electrons. The zero-order chi connectivity index (χ0) is 19.1. The summed E-state index contributed by atoms with van der Waals surface area (Å²) in [5, 5.41) is 4.16. The number of aromatic nitrogens is 2. The number of nitrogens with zero attached hydrogens (tertiary/aromatic N) is 5. The van der Waals surface area contributed by atoms with Crippen LogP contribution >= 0.6 is 35.6 Å². The largest absolute Gasteiger partial charge is 0.497 e. The summed E-state index contributed by atoms with van der Waals surface area (Å²) >= 11 is 6.31. The van der Waals surface area contributed by atoms with Gasteiger partial charge >= 0.3 is 0 Å². The maximum Gasteiger partial charge on any atom is 0.225 e. The van der Waals surface area contributed by atoms with E-state index in [4.69, 9.17) is 16.3 Å². The van der Waals surface area contributed by atoms with Crippen molar-refractivity contribution >= 4 is 47.5 Å². The summed E-state index contributed by atoms with van der Waals surface area (Å²) in [6, 6.07) is 7.61. The molecule has 152 valence electrons. The maximum absolute atomic E-state index is 6.31. The van der Waals surface area contributed by atoms with E-state index in [2.05, 4.69) is 30.1 Å². The number of guanidine groups is 1. The fourth-order valence-corrected chi connectivity index (χ4v) is 3.34. The van der Waals surface area contributed by atoms with E-state index in [-0.39, 0.29) is 24.0 Å². The Morgan fingerprint density at radius 1 is 1.21 bits per heavy atom. The molecule has 0 bridgehead atoms. The molecule has 0 unspecified atom stereocenters. The molecular formula is C19H26ClIN6O. The first-order chi connectivity index (χ1) is 13.2. The number of hydrogen-bond acceptors (Lipinski definition) is 5. The topological polar surface area (TPSA) is 65.9 Å². The van der Waals surface area contributed by atoms with E-state index < -0.39 is 0 Å². The molecule has 1 N–H and O–H groups in total. The molecule has 1 aliphatic rings. The predicted molar refractivity (Wildman–Crippen MR) is 124 cm³/mol. The first-order valence-corrected chi connectivity index (χ1v) is 9.39. The van der Waals surface area contributed by atoms with Crippen molar-refractivity contribution in [3.63, 3.8) is 0 Å². The minimum Gasteiger partial charge on any atom is -0.497 e. The molecule has 1 saturated heterocycles. The second-order valence-corrected chi connectivity index (χ2v) is 6.61. The summed E-state index contributed by atoms with van der Waals surface area (Å²) in [7, 11) is 3.45. The van der Waals surface area contributed by atoms with Crippen LogP contribution < -0.4 is 15.0 Å². The van der Waals surface area contributed by atoms with E-state index in [0.29, 0.717) is 0 Å². The van der Waals surface area contributed by atoms with Gasteiger partial charge in [-0.25, -0.2) is 9.97 Å². The van der Waals surface area contributed by atoms with Gasteiger partial charge in [-0.1, -0.05) is 17.7 Å². The van der Waals surface area contributed by atoms with Gasteiger partial charge in [0.2, 0.25) is 5.95 Å². The van der Waals surface area contributed by atoms with E-state index in [9.17, 15) is 0 Å². The van der Waals surface area contributed by atoms with Crippen molar-refractivity contribution in [3.05, 3.63) is 47.2 Å². The number of rotatable bonds is 5. The van der Waals surface area contributed by atoms with Gasteiger partial charge in [0.1, 0.15) is 5.75 Å². The standard InChI is InChI=1S/C19H25ClN6O.HI/c1-21-18(24-9-6-15-4-5-16(27-2)14-17(15)20)25-10-12-26(13-11-25)19-22-7-3-8-23-19;/h3-5,7-8,14H,6,9-13H2,1-2H3,(H,21,24);1H. The highest BCUT2D eigenvalue weighted by Crippen LogP contribution is 2.22. The van der Waals surface area contributed by atoms with E-state index >= 15 is 0 Å². The molecule has 2 aromatic rings. The number of methoxy groups -OCH3 is 1. The highest BCUT2D eigenvalue weighted by molar-refractivity contribution is 14.0. The van der Waals surface area contributed by atoms with Crippen LogP contribution in [0.3, 0.4) is 0 Å². The molecule has 1 aliphatic heterocycles. The summed E-state index contributed by atoms with van der Waals surface area (Å²) < 4.78 is 5.19. The van der Waals surface area contributed by atoms with Crippen LogP contribution in [-0.4, -0.2) is 67.7 Å². The van der Waals surface area contributed by atoms with Crippen LogP contribution in [0.2, 0.25) is 5.02 Å². The SMILES string of the molecule is CN=C(NCCc1ccc(OC)cc1Cl)N1CCN(c2ncccn2)CC1.I. The van der Waals surface area contributed by atoms with E-state index in [1.807, 2.05) is 31.3 Å². The van der Waals surface area contributed by atoms with Gasteiger partial charge in [0.25, 0.3) is 0 Å². The zero-order valence-corrected chi connectivity index (χ0v) is 19.2. The van der Waals surface area contributed by atoms with Crippen LogP contribution in [0.15, 0.2) is 41.7 Å². The Balaban J connectivity index is 0.00000280. The molecule has 0 saturated carbocycles. The summed E-state index contributed by atoms with van der Waals surface area (Å²) in [5.74, 6) is 2.47. The van der Waals surface area contributed by atoms with Crippen molar-refractivity contribution in [2.75, 3.05) is 51.8 Å². The summed E-state index contributed by atoms with van der Waals surface area (Å²) in [4.78, 5) is 17.5. The second-order valence-electron chi connectivity index (χ2n) is 6.20. The molecule has 0 amide bonds. The lowest BCUT2D eigenvalue weighted by Gasteiger charge is -2.36. The van der Waals surface area contributed by atoms with Crippen LogP contribution in [0.5, 0.6) is 5.75 Å². The fraction of sp³-hybridized carbons (Fsp3) is 0.421. The van der Waals surface area contributed by atoms with Gasteiger partial charge in [0.15, 0.2) is 5.96 Å². The molecule has 28 heavy (non-hydrogen) atoms. The number of aliphatic imine (C=N–C) groups is 1. The van der Waals surface area contributed by atoms with Crippen molar-refractivity contribution in [3.8, 4) is 5.75 Å². The Morgan fingerprint density at radius 3 is 2.54 bits per heavy atom. The highest BCUT2D eigenvalue weighted by Gasteiger charge is 2.20. The van der Waals surface area contributed by atoms with Crippen molar-refractivity contribution < 1.29 is 4.74 Å². The summed E-state index contributed by atoms with van der Waals surface area (Å²) in [6.07, 6.45) is 4.37. The number of nitrogens with one attached hydrogen (secondary N) is 1. The number of piperazine rings is 1. The number of ether oxygens (including phenoxy) is 1. The number of hydrogen-bond donors (Lipinski definition) is 1. The molecule has 2 heterocycles. The van der Waals surface area contributed by atoms with Gasteiger partial charge < -0.3 is 19.9 Å². The summed E-state index contributed by atoms with van der Waals surface area (Å²) in [5.41, 5.74) is 1.09. The molecular weight excluding hydrogens is 491 g/mol. The Hall–Kier alpha value is -1.81. The lowest BCUT2D eigenvalue weighted by molar-refractivity contribution is 0.370. The van der Waals surface area contributed by atoms with Crippen molar-refractivity contribution in [2.24, 2.45) is 4.99 Å². The van der Waals surface area contributed by atoms with E-state index in [1.54, 1.807) is 19.5 Å². The minimum atomic E-state index is 0. The Kier molecular flexibility index (Phi) is 9.04. The van der Waals surface area contributed by atoms with Crippen LogP contribution in [-0.2, 0) is 6.42 Å². The average Bonchev–Trinajstić information content (AvgIpc) is 2.73. The minimum absolute atomic E-state index is 0. The van der Waals surface area contributed by atoms with Gasteiger partial charge in [0, 0.05) is 57.2 Å². The smallest absolute Gasteiger partial charge is 0.225 e. The van der Waals surface area contributed by atoms with E-state index in [0.717, 1.165) is 67.4 Å². The molecule has 9 heteroatoms. The molecule has 1 aromatic heterocycles. The maximum atomic E-state index is 6.31. The first kappa shape index (κ1) is 22.5. The number of anilines is 1. The lowest BCUT2D eigenvalue weighted by Crippen LogP contribution is -2.53. The first-order valence-electron chi connectivity index (χ1n) is 9.01. The van der Waals surface area contributed by atoms with Crippen LogP contribution in [0, 0.1) is 0 Å². The van der Waals surface area contributed by atoms with Crippen LogP contribution in [0.25, 0.3) is 0 Å². The van der Waals surface area contributed by atoms with Crippen molar-refractivity contribution in [2.45, 2.75) is 6.42 Å². The van der Waals surface area contributed by atoms with Gasteiger partial charge in [0.05, 0.1) is 7.11 Å². The number of benzene rings is 1. The second kappa shape index (κ2) is 11.3. The van der Waals surface area contributed by atoms with Gasteiger partial charge in [-0.3, -0.25) is 4.99 Å². The number of halogens is 2. The Morgan fingerprint density at radius 2 is 1.93 bits per heavy atom. The Labute approximate surface area is 188 Å². The normalized spacial score (nSPS) is 14.5. The summed E-state index contributed by atoms with van der Waals surface area (Å²) in [6.45, 7) is 4.26. The van der Waals surface area contributed by atoms with Gasteiger partial charge in [-0.15, -0.1) is 24.0 Å². The molecule has 1 fully saturated rings. The third-order valence-electron chi connectivity index (χ3n) is 4.56. The van der Waals surface area contributed by atoms with Gasteiger partial charge in [-0.05, 0) is 30.2 Å². The average molecular weight is 517 g/mol. The van der Waals surface area contributed by atoms with Crippen molar-refractivity contribution in [1.82, 2.24) is 20.2 Å². The van der Waals surface area contributed by atoms with Crippen LogP contribution in [0.1, 0.15) is 5.56 Å². The third-order valence-corrected chi connectivity index (χ3v) is 4.92. The zero-order valence-electron chi connectivity index (χ0n) is 16.1. The van der Waals surface area contributed by atoms with Crippen molar-refractivity contribution in [1.29, 1.82) is 0 Å². The quantitative estimate of drug-likeness (QED) is 0.375. The van der Waals surface area contributed by atoms with E-state index in [1.165, 1.54) is 0 Å². The lowest BCUT2D eigenvalue weighted by atomic mass is 10.1. The molecule has 0 atom stereocenters. The third kappa shape index (κ3) is 5.84. The molecule has 1 aromatic carbocycles. The van der Waals surface area contributed by atoms with Crippen LogP contribution in [0.4, 0.5) is 5.95 Å². The predicted octanol–water partition coefficient (Wildman–Crippen LogP) is 2.70. The molecule has 0 spiro atoms.